The van der Waals surface area contributed by atoms with E-state index in [1.807, 2.05) is 0 Å². The molecule has 1 fully saturated rings. The Morgan fingerprint density at radius 1 is 1.62 bits per heavy atom. The lowest BCUT2D eigenvalue weighted by Gasteiger charge is -2.18. The fourth-order valence-electron chi connectivity index (χ4n) is 1.94. The molecular weight excluding hydrogens is 407 g/mol. The summed E-state index contributed by atoms with van der Waals surface area (Å²) in [6, 6.07) is 0. The summed E-state index contributed by atoms with van der Waals surface area (Å²) in [6.07, 6.45) is 3.21. The van der Waals surface area contributed by atoms with Crippen molar-refractivity contribution in [3.05, 3.63) is 22.3 Å². The highest BCUT2D eigenvalue weighted by molar-refractivity contribution is 14.1. The first-order valence-electron chi connectivity index (χ1n) is 6.88. The number of ether oxygens (including phenoxy) is 2. The Labute approximate surface area is 144 Å². The van der Waals surface area contributed by atoms with Crippen molar-refractivity contribution in [3.8, 4) is 0 Å². The van der Waals surface area contributed by atoms with Gasteiger partial charge in [-0.1, -0.05) is 6.58 Å². The van der Waals surface area contributed by atoms with Crippen LogP contribution in [0.5, 0.6) is 0 Å². The number of aliphatic hydroxyl groups is 1. The standard InChI is InChI=1S/C15H22ClIO4/c1-10(17)8-11(16)4-5-12(18)6-7-13(19)14-9-20-15(2,3)21-14/h6-7,11,13-14,19H,1,4-5,8-9H2,2-3H3. The summed E-state index contributed by atoms with van der Waals surface area (Å²) in [4.78, 5) is 11.7. The van der Waals surface area contributed by atoms with Gasteiger partial charge in [0.1, 0.15) is 12.2 Å². The van der Waals surface area contributed by atoms with Crippen LogP contribution in [-0.2, 0) is 14.3 Å². The molecule has 1 saturated heterocycles. The number of aliphatic hydroxyl groups excluding tert-OH is 1. The van der Waals surface area contributed by atoms with E-state index in [4.69, 9.17) is 21.1 Å². The fourth-order valence-corrected chi connectivity index (χ4v) is 3.03. The summed E-state index contributed by atoms with van der Waals surface area (Å²) in [5.74, 6) is -0.742. The summed E-state index contributed by atoms with van der Waals surface area (Å²) in [6.45, 7) is 7.67. The van der Waals surface area contributed by atoms with Crippen molar-refractivity contribution in [1.82, 2.24) is 0 Å². The normalized spacial score (nSPS) is 24.1. The predicted molar refractivity (Wildman–Crippen MR) is 91.7 cm³/mol. The second-order valence-corrected chi connectivity index (χ2v) is 7.68. The van der Waals surface area contributed by atoms with E-state index in [1.54, 1.807) is 13.8 Å². The molecule has 4 nitrogen and oxygen atoms in total. The summed E-state index contributed by atoms with van der Waals surface area (Å²) in [5.41, 5.74) is 0. The van der Waals surface area contributed by atoms with Gasteiger partial charge in [0, 0.05) is 11.8 Å². The second kappa shape index (κ2) is 8.62. The van der Waals surface area contributed by atoms with E-state index >= 15 is 0 Å². The highest BCUT2D eigenvalue weighted by Crippen LogP contribution is 2.24. The Hall–Kier alpha value is 0.0500. The van der Waals surface area contributed by atoms with E-state index in [0.29, 0.717) is 25.9 Å². The number of hydrogen-bond donors (Lipinski definition) is 1. The Morgan fingerprint density at radius 2 is 2.29 bits per heavy atom. The van der Waals surface area contributed by atoms with Crippen molar-refractivity contribution in [3.63, 3.8) is 0 Å². The first-order chi connectivity index (χ1) is 9.69. The highest BCUT2D eigenvalue weighted by Gasteiger charge is 2.35. The summed E-state index contributed by atoms with van der Waals surface area (Å²) in [5, 5.41) is 9.86. The lowest BCUT2D eigenvalue weighted by Crippen LogP contribution is -2.29. The number of carbonyl (C=O) groups excluding carboxylic acids is 1. The van der Waals surface area contributed by atoms with Crippen LogP contribution in [0, 0.1) is 0 Å². The third kappa shape index (κ3) is 7.74. The zero-order valence-electron chi connectivity index (χ0n) is 12.4. The molecule has 1 aliphatic heterocycles. The van der Waals surface area contributed by atoms with E-state index < -0.39 is 18.0 Å². The summed E-state index contributed by atoms with van der Waals surface area (Å²) >= 11 is 8.22. The molecule has 1 heterocycles. The van der Waals surface area contributed by atoms with Crippen molar-refractivity contribution in [2.75, 3.05) is 6.61 Å². The SMILES string of the molecule is C=C(I)CC(Cl)CCC(=O)C=CC(O)C1COC(C)(C)O1. The maximum atomic E-state index is 11.7. The topological polar surface area (TPSA) is 55.8 Å². The molecule has 0 bridgehead atoms. The van der Waals surface area contributed by atoms with Crippen LogP contribution >= 0.6 is 34.2 Å². The van der Waals surface area contributed by atoms with Crippen molar-refractivity contribution in [2.45, 2.75) is 56.5 Å². The molecule has 1 rings (SSSR count). The van der Waals surface area contributed by atoms with Gasteiger partial charge < -0.3 is 14.6 Å². The molecule has 0 spiro atoms. The molecule has 0 amide bonds. The van der Waals surface area contributed by atoms with E-state index in [2.05, 4.69) is 29.2 Å². The van der Waals surface area contributed by atoms with Crippen LogP contribution in [0.25, 0.3) is 0 Å². The number of rotatable bonds is 8. The van der Waals surface area contributed by atoms with Crippen LogP contribution in [0.4, 0.5) is 0 Å². The highest BCUT2D eigenvalue weighted by atomic mass is 127. The number of allylic oxidation sites excluding steroid dienone is 2. The van der Waals surface area contributed by atoms with Crippen LogP contribution in [0.1, 0.15) is 33.1 Å². The zero-order valence-corrected chi connectivity index (χ0v) is 15.3. The molecule has 0 aromatic heterocycles. The quantitative estimate of drug-likeness (QED) is 0.366. The summed E-state index contributed by atoms with van der Waals surface area (Å²) < 4.78 is 11.9. The molecular formula is C15H22ClIO4. The molecule has 120 valence electrons. The molecule has 0 aromatic rings. The van der Waals surface area contributed by atoms with E-state index in [-0.39, 0.29) is 11.2 Å². The van der Waals surface area contributed by atoms with Gasteiger partial charge in [0.2, 0.25) is 0 Å². The van der Waals surface area contributed by atoms with Crippen molar-refractivity contribution in [1.29, 1.82) is 0 Å². The molecule has 6 heteroatoms. The van der Waals surface area contributed by atoms with E-state index in [1.165, 1.54) is 12.2 Å². The van der Waals surface area contributed by atoms with Crippen LogP contribution < -0.4 is 0 Å². The van der Waals surface area contributed by atoms with Crippen LogP contribution in [0.15, 0.2) is 22.3 Å². The molecule has 0 aliphatic carbocycles. The lowest BCUT2D eigenvalue weighted by atomic mass is 10.1. The molecule has 1 aliphatic rings. The Morgan fingerprint density at radius 3 is 2.81 bits per heavy atom. The van der Waals surface area contributed by atoms with Gasteiger partial charge in [-0.15, -0.1) is 11.6 Å². The van der Waals surface area contributed by atoms with Gasteiger partial charge in [0.15, 0.2) is 11.6 Å². The van der Waals surface area contributed by atoms with Gasteiger partial charge in [-0.2, -0.15) is 0 Å². The minimum atomic E-state index is -0.850. The first-order valence-corrected chi connectivity index (χ1v) is 8.39. The second-order valence-electron chi connectivity index (χ2n) is 5.54. The molecule has 0 aromatic carbocycles. The molecule has 0 radical (unpaired) electrons. The number of halogens is 2. The minimum Gasteiger partial charge on any atom is -0.386 e. The lowest BCUT2D eigenvalue weighted by molar-refractivity contribution is -0.147. The number of alkyl halides is 1. The van der Waals surface area contributed by atoms with Crippen molar-refractivity contribution >= 4 is 40.0 Å². The third-order valence-electron chi connectivity index (χ3n) is 3.04. The van der Waals surface area contributed by atoms with Crippen molar-refractivity contribution < 1.29 is 19.4 Å². The molecule has 3 atom stereocenters. The van der Waals surface area contributed by atoms with Crippen LogP contribution in [-0.4, -0.2) is 40.9 Å². The maximum absolute atomic E-state index is 11.7. The van der Waals surface area contributed by atoms with Gasteiger partial charge in [0.05, 0.1) is 6.61 Å². The fraction of sp³-hybridized carbons (Fsp3) is 0.667. The van der Waals surface area contributed by atoms with Crippen molar-refractivity contribution in [2.24, 2.45) is 0 Å². The number of carbonyl (C=O) groups is 1. The Balaban J connectivity index is 2.32. The van der Waals surface area contributed by atoms with E-state index in [0.717, 1.165) is 3.58 Å². The predicted octanol–water partition coefficient (Wildman–Crippen LogP) is 3.35. The minimum absolute atomic E-state index is 0.0584. The average molecular weight is 429 g/mol. The largest absolute Gasteiger partial charge is 0.386 e. The molecule has 1 N–H and O–H groups in total. The maximum Gasteiger partial charge on any atom is 0.163 e. The van der Waals surface area contributed by atoms with Gasteiger partial charge in [-0.05, 0) is 65.0 Å². The van der Waals surface area contributed by atoms with Gasteiger partial charge in [-0.3, -0.25) is 4.79 Å². The smallest absolute Gasteiger partial charge is 0.163 e. The average Bonchev–Trinajstić information content (AvgIpc) is 2.73. The monoisotopic (exact) mass is 428 g/mol. The third-order valence-corrected chi connectivity index (χ3v) is 3.85. The number of ketones is 1. The number of hydrogen-bond acceptors (Lipinski definition) is 4. The Bertz CT molecular complexity index is 408. The first kappa shape index (κ1) is 19.1. The van der Waals surface area contributed by atoms with E-state index in [9.17, 15) is 9.90 Å². The molecule has 3 unspecified atom stereocenters. The van der Waals surface area contributed by atoms with Gasteiger partial charge in [-0.25, -0.2) is 0 Å². The van der Waals surface area contributed by atoms with Gasteiger partial charge >= 0.3 is 0 Å². The van der Waals surface area contributed by atoms with Crippen LogP contribution in [0.2, 0.25) is 0 Å². The van der Waals surface area contributed by atoms with Crippen LogP contribution in [0.3, 0.4) is 0 Å². The van der Waals surface area contributed by atoms with Gasteiger partial charge in [0.25, 0.3) is 0 Å². The Kier molecular flexibility index (Phi) is 7.84. The zero-order chi connectivity index (χ0) is 16.0. The molecule has 21 heavy (non-hydrogen) atoms. The summed E-state index contributed by atoms with van der Waals surface area (Å²) in [7, 11) is 0. The molecule has 0 saturated carbocycles.